The van der Waals surface area contributed by atoms with Gasteiger partial charge in [-0.2, -0.15) is 8.78 Å². The minimum atomic E-state index is -3.01. The molecule has 1 heterocycles. The molecule has 0 aliphatic carbocycles. The molecule has 1 aromatic carbocycles. The zero-order valence-electron chi connectivity index (χ0n) is 12.3. The highest BCUT2D eigenvalue weighted by atomic mass is 32.1. The van der Waals surface area contributed by atoms with Gasteiger partial charge in [-0.3, -0.25) is 14.2 Å². The fourth-order valence-corrected chi connectivity index (χ4v) is 2.62. The standard InChI is InChI=1S/C14H14F2N2O4S/c1-8-7-23-14(20)18(8)6-12(19)17-9-3-4-10(21-2)11(5-9)22-13(15)16/h3-5,7,13H,6H2,1-2H3,(H,17,19). The molecule has 0 unspecified atom stereocenters. The molecular weight excluding hydrogens is 330 g/mol. The second kappa shape index (κ2) is 7.23. The van der Waals surface area contributed by atoms with E-state index in [2.05, 4.69) is 10.1 Å². The first kappa shape index (κ1) is 16.9. The smallest absolute Gasteiger partial charge is 0.387 e. The molecule has 6 nitrogen and oxygen atoms in total. The molecule has 0 atom stereocenters. The fraction of sp³-hybridized carbons (Fsp3) is 0.286. The van der Waals surface area contributed by atoms with Crippen LogP contribution in [0.1, 0.15) is 5.69 Å². The van der Waals surface area contributed by atoms with Gasteiger partial charge in [-0.05, 0) is 19.1 Å². The first-order chi connectivity index (χ1) is 10.9. The van der Waals surface area contributed by atoms with E-state index in [-0.39, 0.29) is 28.6 Å². The van der Waals surface area contributed by atoms with Crippen LogP contribution in [0.3, 0.4) is 0 Å². The summed E-state index contributed by atoms with van der Waals surface area (Å²) in [5.41, 5.74) is 0.930. The Balaban J connectivity index is 2.13. The van der Waals surface area contributed by atoms with Crippen molar-refractivity contribution in [2.75, 3.05) is 12.4 Å². The van der Waals surface area contributed by atoms with Crippen molar-refractivity contribution in [1.82, 2.24) is 4.57 Å². The zero-order chi connectivity index (χ0) is 17.0. The molecule has 9 heteroatoms. The molecule has 0 saturated carbocycles. The summed E-state index contributed by atoms with van der Waals surface area (Å²) in [5, 5.41) is 4.18. The van der Waals surface area contributed by atoms with Crippen molar-refractivity contribution in [2.45, 2.75) is 20.1 Å². The highest BCUT2D eigenvalue weighted by molar-refractivity contribution is 7.07. The number of halogens is 2. The highest BCUT2D eigenvalue weighted by Gasteiger charge is 2.13. The van der Waals surface area contributed by atoms with Crippen LogP contribution < -0.4 is 19.7 Å². The predicted molar refractivity (Wildman–Crippen MR) is 81.6 cm³/mol. The molecule has 2 rings (SSSR count). The molecule has 1 N–H and O–H groups in total. The van der Waals surface area contributed by atoms with E-state index < -0.39 is 12.5 Å². The van der Waals surface area contributed by atoms with Gasteiger partial charge in [0.15, 0.2) is 11.5 Å². The van der Waals surface area contributed by atoms with E-state index in [1.165, 1.54) is 29.9 Å². The number of carbonyl (C=O) groups is 1. The summed E-state index contributed by atoms with van der Waals surface area (Å²) in [7, 11) is 1.32. The molecule has 0 aliphatic rings. The average Bonchev–Trinajstić information content (AvgIpc) is 2.79. The van der Waals surface area contributed by atoms with Gasteiger partial charge in [0.2, 0.25) is 5.91 Å². The molecule has 1 amide bonds. The van der Waals surface area contributed by atoms with Crippen LogP contribution in [-0.4, -0.2) is 24.2 Å². The van der Waals surface area contributed by atoms with Crippen molar-refractivity contribution >= 4 is 22.9 Å². The number of ether oxygens (including phenoxy) is 2. The number of rotatable bonds is 6. The van der Waals surface area contributed by atoms with E-state index in [0.717, 1.165) is 11.3 Å². The molecule has 0 fully saturated rings. The Morgan fingerprint density at radius 3 is 2.70 bits per heavy atom. The SMILES string of the molecule is COc1ccc(NC(=O)Cn2c(C)csc2=O)cc1OC(F)F. The van der Waals surface area contributed by atoms with Gasteiger partial charge in [0, 0.05) is 22.8 Å². The number of benzene rings is 1. The van der Waals surface area contributed by atoms with Crippen LogP contribution >= 0.6 is 11.3 Å². The maximum atomic E-state index is 12.4. The summed E-state index contributed by atoms with van der Waals surface area (Å²) in [5.74, 6) is -0.529. The molecule has 0 spiro atoms. The number of carbonyl (C=O) groups excluding carboxylic acids is 1. The Hall–Kier alpha value is -2.42. The Morgan fingerprint density at radius 2 is 2.13 bits per heavy atom. The summed E-state index contributed by atoms with van der Waals surface area (Å²) in [6, 6.07) is 4.11. The topological polar surface area (TPSA) is 69.6 Å². The van der Waals surface area contributed by atoms with Gasteiger partial charge in [0.25, 0.3) is 0 Å². The summed E-state index contributed by atoms with van der Waals surface area (Å²) in [4.78, 5) is 23.3. The molecule has 23 heavy (non-hydrogen) atoms. The van der Waals surface area contributed by atoms with Crippen LogP contribution in [0.5, 0.6) is 11.5 Å². The van der Waals surface area contributed by atoms with Crippen LogP contribution in [0.15, 0.2) is 28.4 Å². The molecular formula is C14H14F2N2O4S. The molecule has 0 bridgehead atoms. The first-order valence-corrected chi connectivity index (χ1v) is 7.36. The van der Waals surface area contributed by atoms with Gasteiger partial charge >= 0.3 is 11.5 Å². The number of amides is 1. The molecule has 124 valence electrons. The Kier molecular flexibility index (Phi) is 5.32. The Labute approximate surface area is 134 Å². The van der Waals surface area contributed by atoms with Crippen LogP contribution in [0.2, 0.25) is 0 Å². The summed E-state index contributed by atoms with van der Waals surface area (Å²) < 4.78 is 35.3. The van der Waals surface area contributed by atoms with Crippen LogP contribution in [-0.2, 0) is 11.3 Å². The van der Waals surface area contributed by atoms with Crippen molar-refractivity contribution in [1.29, 1.82) is 0 Å². The van der Waals surface area contributed by atoms with Crippen LogP contribution in [0, 0.1) is 6.92 Å². The number of nitrogens with one attached hydrogen (secondary N) is 1. The average molecular weight is 344 g/mol. The number of aryl methyl sites for hydroxylation is 1. The first-order valence-electron chi connectivity index (χ1n) is 6.48. The molecule has 1 aromatic heterocycles. The number of thiazole rings is 1. The van der Waals surface area contributed by atoms with Crippen molar-refractivity contribution in [3.63, 3.8) is 0 Å². The molecule has 2 aromatic rings. The van der Waals surface area contributed by atoms with Gasteiger partial charge in [0.1, 0.15) is 6.54 Å². The third kappa shape index (κ3) is 4.28. The van der Waals surface area contributed by atoms with Crippen LogP contribution in [0.4, 0.5) is 14.5 Å². The normalized spacial score (nSPS) is 10.7. The third-order valence-electron chi connectivity index (χ3n) is 2.94. The number of anilines is 1. The number of methoxy groups -OCH3 is 1. The predicted octanol–water partition coefficient (Wildman–Crippen LogP) is 2.47. The number of hydrogen-bond acceptors (Lipinski definition) is 5. The van der Waals surface area contributed by atoms with Crippen molar-refractivity contribution in [3.8, 4) is 11.5 Å². The van der Waals surface area contributed by atoms with Crippen molar-refractivity contribution in [2.24, 2.45) is 0 Å². The molecule has 0 saturated heterocycles. The van der Waals surface area contributed by atoms with Crippen molar-refractivity contribution in [3.05, 3.63) is 38.9 Å². The largest absolute Gasteiger partial charge is 0.493 e. The fourth-order valence-electron chi connectivity index (χ4n) is 1.88. The summed E-state index contributed by atoms with van der Waals surface area (Å²) >= 11 is 1.00. The second-order valence-corrected chi connectivity index (χ2v) is 5.34. The maximum absolute atomic E-state index is 12.4. The monoisotopic (exact) mass is 344 g/mol. The lowest BCUT2D eigenvalue weighted by molar-refractivity contribution is -0.116. The van der Waals surface area contributed by atoms with E-state index >= 15 is 0 Å². The maximum Gasteiger partial charge on any atom is 0.387 e. The minimum absolute atomic E-state index is 0.119. The van der Waals surface area contributed by atoms with Gasteiger partial charge in [-0.1, -0.05) is 11.3 Å². The quantitative estimate of drug-likeness (QED) is 0.874. The van der Waals surface area contributed by atoms with E-state index in [1.807, 2.05) is 0 Å². The van der Waals surface area contributed by atoms with Crippen LogP contribution in [0.25, 0.3) is 0 Å². The van der Waals surface area contributed by atoms with E-state index in [4.69, 9.17) is 4.74 Å². The van der Waals surface area contributed by atoms with E-state index in [9.17, 15) is 18.4 Å². The molecule has 0 aliphatic heterocycles. The van der Waals surface area contributed by atoms with Gasteiger partial charge in [-0.15, -0.1) is 0 Å². The third-order valence-corrected chi connectivity index (χ3v) is 3.82. The van der Waals surface area contributed by atoms with Gasteiger partial charge < -0.3 is 14.8 Å². The number of alkyl halides is 2. The highest BCUT2D eigenvalue weighted by Crippen LogP contribution is 2.31. The Morgan fingerprint density at radius 1 is 1.39 bits per heavy atom. The van der Waals surface area contributed by atoms with Crippen molar-refractivity contribution < 1.29 is 23.0 Å². The zero-order valence-corrected chi connectivity index (χ0v) is 13.2. The van der Waals surface area contributed by atoms with E-state index in [0.29, 0.717) is 5.69 Å². The number of aromatic nitrogens is 1. The number of nitrogens with zero attached hydrogens (tertiary/aromatic N) is 1. The van der Waals surface area contributed by atoms with E-state index in [1.54, 1.807) is 12.3 Å². The second-order valence-electron chi connectivity index (χ2n) is 4.52. The molecule has 0 radical (unpaired) electrons. The summed E-state index contributed by atoms with van der Waals surface area (Å²) in [6.07, 6.45) is 0. The lowest BCUT2D eigenvalue weighted by Gasteiger charge is -2.12. The minimum Gasteiger partial charge on any atom is -0.493 e. The Bertz CT molecular complexity index is 757. The number of hydrogen-bond donors (Lipinski definition) is 1. The lowest BCUT2D eigenvalue weighted by Crippen LogP contribution is -2.25. The van der Waals surface area contributed by atoms with Gasteiger partial charge in [0.05, 0.1) is 7.11 Å². The lowest BCUT2D eigenvalue weighted by atomic mass is 10.2. The summed E-state index contributed by atoms with van der Waals surface area (Å²) in [6.45, 7) is -1.46. The van der Waals surface area contributed by atoms with Gasteiger partial charge in [-0.25, -0.2) is 0 Å².